The zero-order chi connectivity index (χ0) is 11.3. The van der Waals surface area contributed by atoms with Crippen molar-refractivity contribution in [2.24, 2.45) is 11.7 Å². The van der Waals surface area contributed by atoms with Gasteiger partial charge in [-0.3, -0.25) is 4.90 Å². The van der Waals surface area contributed by atoms with Gasteiger partial charge in [-0.1, -0.05) is 0 Å². The molecule has 2 aliphatic carbocycles. The van der Waals surface area contributed by atoms with E-state index in [1.54, 1.807) is 0 Å². The van der Waals surface area contributed by atoms with Crippen molar-refractivity contribution in [3.63, 3.8) is 0 Å². The second-order valence-corrected chi connectivity index (χ2v) is 7.83. The minimum Gasteiger partial charge on any atom is -0.325 e. The van der Waals surface area contributed by atoms with Crippen LogP contribution in [0.15, 0.2) is 0 Å². The Labute approximate surface area is 97.1 Å². The predicted octanol–water partition coefficient (Wildman–Crippen LogP) is -0.0149. The SMILES string of the molecule is NC1CS(=O)(=O)CC1N(CC1CC1)C1CC1. The Hall–Kier alpha value is -0.130. The molecular weight excluding hydrogens is 224 g/mol. The Morgan fingerprint density at radius 3 is 2.25 bits per heavy atom. The molecule has 4 nitrogen and oxygen atoms in total. The molecular formula is C11H20N2O2S. The van der Waals surface area contributed by atoms with Gasteiger partial charge in [-0.2, -0.15) is 0 Å². The molecule has 1 saturated heterocycles. The van der Waals surface area contributed by atoms with Gasteiger partial charge in [0.25, 0.3) is 0 Å². The third-order valence-corrected chi connectivity index (χ3v) is 5.72. The fraction of sp³-hybridized carbons (Fsp3) is 1.00. The highest BCUT2D eigenvalue weighted by molar-refractivity contribution is 7.91. The van der Waals surface area contributed by atoms with Crippen molar-refractivity contribution in [2.75, 3.05) is 18.1 Å². The van der Waals surface area contributed by atoms with Gasteiger partial charge in [0.2, 0.25) is 0 Å². The normalized spacial score (nSPS) is 38.1. The van der Waals surface area contributed by atoms with Gasteiger partial charge in [0, 0.05) is 24.7 Å². The molecule has 0 aromatic carbocycles. The van der Waals surface area contributed by atoms with Crippen LogP contribution in [0.3, 0.4) is 0 Å². The van der Waals surface area contributed by atoms with Crippen molar-refractivity contribution in [3.8, 4) is 0 Å². The third-order valence-electron chi connectivity index (χ3n) is 3.97. The molecule has 0 bridgehead atoms. The van der Waals surface area contributed by atoms with Gasteiger partial charge in [-0.05, 0) is 31.6 Å². The van der Waals surface area contributed by atoms with Gasteiger partial charge in [-0.15, -0.1) is 0 Å². The van der Waals surface area contributed by atoms with Crippen molar-refractivity contribution in [1.82, 2.24) is 4.90 Å². The van der Waals surface area contributed by atoms with E-state index >= 15 is 0 Å². The number of nitrogens with zero attached hydrogens (tertiary/aromatic N) is 1. The lowest BCUT2D eigenvalue weighted by atomic mass is 10.1. The first-order valence-electron chi connectivity index (χ1n) is 6.27. The smallest absolute Gasteiger partial charge is 0.153 e. The Morgan fingerprint density at radius 1 is 1.12 bits per heavy atom. The summed E-state index contributed by atoms with van der Waals surface area (Å²) >= 11 is 0. The second kappa shape index (κ2) is 3.68. The highest BCUT2D eigenvalue weighted by atomic mass is 32.2. The zero-order valence-corrected chi connectivity index (χ0v) is 10.3. The minimum atomic E-state index is -2.88. The van der Waals surface area contributed by atoms with E-state index in [1.807, 2.05) is 0 Å². The highest BCUT2D eigenvalue weighted by Crippen LogP contribution is 2.37. The van der Waals surface area contributed by atoms with Crippen molar-refractivity contribution in [1.29, 1.82) is 0 Å². The minimum absolute atomic E-state index is 0.0955. The van der Waals surface area contributed by atoms with Gasteiger partial charge in [0.05, 0.1) is 11.5 Å². The summed E-state index contributed by atoms with van der Waals surface area (Å²) in [5.74, 6) is 1.29. The van der Waals surface area contributed by atoms with Crippen LogP contribution in [0.1, 0.15) is 25.7 Å². The van der Waals surface area contributed by atoms with Crippen molar-refractivity contribution >= 4 is 9.84 Å². The maximum Gasteiger partial charge on any atom is 0.153 e. The molecule has 0 amide bonds. The molecule has 2 unspecified atom stereocenters. The Kier molecular flexibility index (Phi) is 2.53. The van der Waals surface area contributed by atoms with Gasteiger partial charge < -0.3 is 5.73 Å². The molecule has 0 aromatic heterocycles. The number of sulfone groups is 1. The van der Waals surface area contributed by atoms with Crippen molar-refractivity contribution < 1.29 is 8.42 Å². The van der Waals surface area contributed by atoms with Crippen LogP contribution in [-0.4, -0.2) is 49.5 Å². The largest absolute Gasteiger partial charge is 0.325 e. The molecule has 3 rings (SSSR count). The molecule has 3 aliphatic rings. The standard InChI is InChI=1S/C11H20N2O2S/c12-10-6-16(14,15)7-11(10)13(9-3-4-9)5-8-1-2-8/h8-11H,1-7,12H2. The van der Waals surface area contributed by atoms with E-state index in [2.05, 4.69) is 4.90 Å². The van der Waals surface area contributed by atoms with Crippen molar-refractivity contribution in [2.45, 2.75) is 43.8 Å². The lowest BCUT2D eigenvalue weighted by Crippen LogP contribution is -2.48. The molecule has 3 fully saturated rings. The first-order chi connectivity index (χ1) is 7.55. The first kappa shape index (κ1) is 11.0. The topological polar surface area (TPSA) is 63.4 Å². The average Bonchev–Trinajstić information content (AvgIpc) is 3.02. The summed E-state index contributed by atoms with van der Waals surface area (Å²) in [5, 5.41) is 0. The summed E-state index contributed by atoms with van der Waals surface area (Å²) in [6, 6.07) is 0.562. The molecule has 5 heteroatoms. The van der Waals surface area contributed by atoms with Gasteiger partial charge in [0.1, 0.15) is 0 Å². The Bertz CT molecular complexity index is 373. The number of rotatable bonds is 4. The van der Waals surface area contributed by atoms with E-state index in [0.29, 0.717) is 6.04 Å². The van der Waals surface area contributed by atoms with Crippen LogP contribution in [-0.2, 0) is 9.84 Å². The second-order valence-electron chi connectivity index (χ2n) is 5.68. The predicted molar refractivity (Wildman–Crippen MR) is 62.9 cm³/mol. The maximum atomic E-state index is 11.6. The highest BCUT2D eigenvalue weighted by Gasteiger charge is 2.45. The zero-order valence-electron chi connectivity index (χ0n) is 9.51. The van der Waals surface area contributed by atoms with Crippen LogP contribution in [0.4, 0.5) is 0 Å². The molecule has 2 saturated carbocycles. The number of hydrogen-bond donors (Lipinski definition) is 1. The molecule has 1 aliphatic heterocycles. The van der Waals surface area contributed by atoms with Crippen LogP contribution in [0.5, 0.6) is 0 Å². The molecule has 92 valence electrons. The van der Waals surface area contributed by atoms with E-state index in [1.165, 1.54) is 25.7 Å². The molecule has 2 atom stereocenters. The van der Waals surface area contributed by atoms with Crippen LogP contribution in [0, 0.1) is 5.92 Å². The maximum absolute atomic E-state index is 11.6. The fourth-order valence-corrected chi connectivity index (χ4v) is 4.66. The van der Waals surface area contributed by atoms with E-state index in [9.17, 15) is 8.42 Å². The summed E-state index contributed by atoms with van der Waals surface area (Å²) in [6.07, 6.45) is 5.10. The summed E-state index contributed by atoms with van der Waals surface area (Å²) in [7, 11) is -2.88. The van der Waals surface area contributed by atoms with E-state index in [0.717, 1.165) is 12.5 Å². The third kappa shape index (κ3) is 2.26. The monoisotopic (exact) mass is 244 g/mol. The lowest BCUT2D eigenvalue weighted by molar-refractivity contribution is 0.180. The molecule has 0 radical (unpaired) electrons. The Morgan fingerprint density at radius 2 is 1.81 bits per heavy atom. The van der Waals surface area contributed by atoms with Gasteiger partial charge >= 0.3 is 0 Å². The molecule has 0 aromatic rings. The molecule has 16 heavy (non-hydrogen) atoms. The lowest BCUT2D eigenvalue weighted by Gasteiger charge is -2.30. The summed E-state index contributed by atoms with van der Waals surface area (Å²) in [6.45, 7) is 1.08. The van der Waals surface area contributed by atoms with Crippen molar-refractivity contribution in [3.05, 3.63) is 0 Å². The summed E-state index contributed by atoms with van der Waals surface area (Å²) in [5.41, 5.74) is 6.00. The van der Waals surface area contributed by atoms with Crippen LogP contribution in [0.2, 0.25) is 0 Å². The fourth-order valence-electron chi connectivity index (χ4n) is 2.76. The number of nitrogens with two attached hydrogens (primary N) is 1. The quantitative estimate of drug-likeness (QED) is 0.755. The van der Waals surface area contributed by atoms with Gasteiger partial charge in [0.15, 0.2) is 9.84 Å². The summed E-state index contributed by atoms with van der Waals surface area (Å²) in [4.78, 5) is 2.41. The van der Waals surface area contributed by atoms with E-state index in [4.69, 9.17) is 5.73 Å². The number of hydrogen-bond acceptors (Lipinski definition) is 4. The van der Waals surface area contributed by atoms with Crippen LogP contribution >= 0.6 is 0 Å². The average molecular weight is 244 g/mol. The molecule has 0 spiro atoms. The van der Waals surface area contributed by atoms with E-state index < -0.39 is 9.84 Å². The molecule has 1 heterocycles. The summed E-state index contributed by atoms with van der Waals surface area (Å²) < 4.78 is 23.2. The first-order valence-corrected chi connectivity index (χ1v) is 8.09. The van der Waals surface area contributed by atoms with Gasteiger partial charge in [-0.25, -0.2) is 8.42 Å². The Balaban J connectivity index is 1.72. The van der Waals surface area contributed by atoms with Crippen LogP contribution in [0.25, 0.3) is 0 Å². The molecule has 2 N–H and O–H groups in total. The van der Waals surface area contributed by atoms with E-state index in [-0.39, 0.29) is 23.6 Å². The van der Waals surface area contributed by atoms with Crippen LogP contribution < -0.4 is 5.73 Å².